The van der Waals surface area contributed by atoms with E-state index in [1.165, 1.54) is 23.7 Å². The number of aromatic nitrogens is 4. The average molecular weight is 389 g/mol. The van der Waals surface area contributed by atoms with Crippen LogP contribution in [0.3, 0.4) is 0 Å². The van der Waals surface area contributed by atoms with E-state index in [-0.39, 0.29) is 11.7 Å². The van der Waals surface area contributed by atoms with Crippen LogP contribution in [0.25, 0.3) is 11.0 Å². The molecule has 4 rings (SSSR count). The Morgan fingerprint density at radius 1 is 1.00 bits per heavy atom. The number of benzene rings is 2. The van der Waals surface area contributed by atoms with Gasteiger partial charge in [-0.15, -0.1) is 0 Å². The summed E-state index contributed by atoms with van der Waals surface area (Å²) in [5, 5.41) is 8.98. The van der Waals surface area contributed by atoms with Gasteiger partial charge in [0.05, 0.1) is 17.3 Å². The van der Waals surface area contributed by atoms with E-state index in [2.05, 4.69) is 32.5 Å². The smallest absolute Gasteiger partial charge is 0.234 e. The Balaban J connectivity index is 1.42. The van der Waals surface area contributed by atoms with Crippen LogP contribution < -0.4 is 5.32 Å². The molecule has 0 atom stereocenters. The van der Waals surface area contributed by atoms with Gasteiger partial charge in [0.2, 0.25) is 5.91 Å². The molecular formula is C21H19N5OS. The van der Waals surface area contributed by atoms with E-state index in [9.17, 15) is 4.79 Å². The van der Waals surface area contributed by atoms with E-state index in [0.29, 0.717) is 0 Å². The number of anilines is 1. The molecule has 0 fully saturated rings. The highest BCUT2D eigenvalue weighted by atomic mass is 32.2. The molecule has 1 amide bonds. The van der Waals surface area contributed by atoms with E-state index < -0.39 is 0 Å². The molecular weight excluding hydrogens is 370 g/mol. The number of hydrogen-bond donors (Lipinski definition) is 1. The minimum atomic E-state index is -0.0700. The molecule has 0 radical (unpaired) electrons. The highest BCUT2D eigenvalue weighted by Crippen LogP contribution is 2.24. The Morgan fingerprint density at radius 2 is 1.75 bits per heavy atom. The number of amides is 1. The summed E-state index contributed by atoms with van der Waals surface area (Å²) in [7, 11) is 0. The number of para-hydroxylation sites is 1. The second-order valence-corrected chi connectivity index (χ2v) is 7.19. The molecule has 2 heterocycles. The second kappa shape index (κ2) is 8.67. The largest absolute Gasteiger partial charge is 0.325 e. The lowest BCUT2D eigenvalue weighted by Crippen LogP contribution is -2.14. The molecule has 0 saturated heterocycles. The molecule has 7 heteroatoms. The Bertz CT molecular complexity index is 1070. The van der Waals surface area contributed by atoms with Crippen molar-refractivity contribution in [3.05, 3.63) is 78.8 Å². The molecule has 0 spiro atoms. The normalized spacial score (nSPS) is 10.9. The molecule has 0 aliphatic heterocycles. The van der Waals surface area contributed by atoms with Gasteiger partial charge >= 0.3 is 0 Å². The molecule has 2 aromatic heterocycles. The van der Waals surface area contributed by atoms with Gasteiger partial charge in [0.1, 0.15) is 11.4 Å². The molecule has 28 heavy (non-hydrogen) atoms. The van der Waals surface area contributed by atoms with Crippen molar-refractivity contribution in [1.82, 2.24) is 19.7 Å². The van der Waals surface area contributed by atoms with Gasteiger partial charge in [-0.05, 0) is 24.1 Å². The number of nitrogens with zero attached hydrogens (tertiary/aromatic N) is 4. The first kappa shape index (κ1) is 18.2. The van der Waals surface area contributed by atoms with Crippen LogP contribution in [0, 0.1) is 0 Å². The Labute approximate surface area is 167 Å². The van der Waals surface area contributed by atoms with Crippen LogP contribution in [0.4, 0.5) is 5.69 Å². The van der Waals surface area contributed by atoms with Gasteiger partial charge in [0, 0.05) is 12.2 Å². The van der Waals surface area contributed by atoms with Crippen molar-refractivity contribution in [3.8, 4) is 0 Å². The van der Waals surface area contributed by atoms with Gasteiger partial charge in [0.15, 0.2) is 5.65 Å². The summed E-state index contributed by atoms with van der Waals surface area (Å²) in [5.74, 6) is 0.204. The molecule has 140 valence electrons. The van der Waals surface area contributed by atoms with Crippen LogP contribution in [0.5, 0.6) is 0 Å². The highest BCUT2D eigenvalue weighted by molar-refractivity contribution is 8.00. The first-order chi connectivity index (χ1) is 13.8. The molecule has 0 aliphatic carbocycles. The summed E-state index contributed by atoms with van der Waals surface area (Å²) >= 11 is 1.39. The fraction of sp³-hybridized carbons (Fsp3) is 0.143. The zero-order chi connectivity index (χ0) is 19.2. The van der Waals surface area contributed by atoms with Crippen molar-refractivity contribution >= 4 is 34.4 Å². The quantitative estimate of drug-likeness (QED) is 0.384. The fourth-order valence-electron chi connectivity index (χ4n) is 2.88. The lowest BCUT2D eigenvalue weighted by atomic mass is 10.1. The van der Waals surface area contributed by atoms with Crippen LogP contribution in [0.15, 0.2) is 78.2 Å². The molecule has 4 aromatic rings. The number of carbonyl (C=O) groups excluding carboxylic acids is 1. The summed E-state index contributed by atoms with van der Waals surface area (Å²) in [6.07, 6.45) is 4.18. The zero-order valence-corrected chi connectivity index (χ0v) is 16.0. The van der Waals surface area contributed by atoms with E-state index in [1.807, 2.05) is 53.2 Å². The van der Waals surface area contributed by atoms with Crippen LogP contribution in [0.1, 0.15) is 5.56 Å². The molecule has 0 aliphatic rings. The van der Waals surface area contributed by atoms with Crippen LogP contribution in [-0.4, -0.2) is 31.4 Å². The minimum Gasteiger partial charge on any atom is -0.325 e. The average Bonchev–Trinajstić information content (AvgIpc) is 3.16. The number of rotatable bonds is 7. The van der Waals surface area contributed by atoms with Gasteiger partial charge in [-0.1, -0.05) is 60.3 Å². The van der Waals surface area contributed by atoms with Crippen molar-refractivity contribution in [2.45, 2.75) is 18.0 Å². The number of nitrogens with one attached hydrogen (secondary N) is 1. The first-order valence-electron chi connectivity index (χ1n) is 8.98. The molecule has 0 bridgehead atoms. The van der Waals surface area contributed by atoms with E-state index in [4.69, 9.17) is 0 Å². The summed E-state index contributed by atoms with van der Waals surface area (Å²) in [4.78, 5) is 20.9. The maximum Gasteiger partial charge on any atom is 0.234 e. The summed E-state index contributed by atoms with van der Waals surface area (Å²) in [6, 6.07) is 19.7. The number of carbonyl (C=O) groups is 1. The van der Waals surface area contributed by atoms with Gasteiger partial charge < -0.3 is 5.32 Å². The topological polar surface area (TPSA) is 72.7 Å². The van der Waals surface area contributed by atoms with E-state index >= 15 is 0 Å². The predicted octanol–water partition coefficient (Wildman–Crippen LogP) is 3.80. The second-order valence-electron chi connectivity index (χ2n) is 6.22. The molecule has 0 unspecified atom stereocenters. The first-order valence-corrected chi connectivity index (χ1v) is 9.96. The van der Waals surface area contributed by atoms with Crippen molar-refractivity contribution in [2.75, 3.05) is 11.1 Å². The van der Waals surface area contributed by atoms with Crippen LogP contribution in [0.2, 0.25) is 0 Å². The maximum atomic E-state index is 12.2. The lowest BCUT2D eigenvalue weighted by molar-refractivity contribution is -0.113. The Morgan fingerprint density at radius 3 is 2.54 bits per heavy atom. The Kier molecular flexibility index (Phi) is 5.63. The predicted molar refractivity (Wildman–Crippen MR) is 111 cm³/mol. The van der Waals surface area contributed by atoms with Crippen LogP contribution >= 0.6 is 11.8 Å². The number of aryl methyl sites for hydroxylation is 2. The molecule has 0 saturated carbocycles. The molecule has 1 N–H and O–H groups in total. The summed E-state index contributed by atoms with van der Waals surface area (Å²) in [6.45, 7) is 0.739. The van der Waals surface area contributed by atoms with Gasteiger partial charge in [-0.25, -0.2) is 14.6 Å². The molecule has 6 nitrogen and oxygen atoms in total. The molecule has 2 aromatic carbocycles. The lowest BCUT2D eigenvalue weighted by Gasteiger charge is -2.06. The maximum absolute atomic E-state index is 12.2. The monoisotopic (exact) mass is 389 g/mol. The number of hydrogen-bond acceptors (Lipinski definition) is 5. The van der Waals surface area contributed by atoms with E-state index in [1.54, 1.807) is 6.20 Å². The third-order valence-corrected chi connectivity index (χ3v) is 5.25. The van der Waals surface area contributed by atoms with Crippen LogP contribution in [-0.2, 0) is 17.8 Å². The number of fused-ring (bicyclic) bond motifs is 1. The van der Waals surface area contributed by atoms with Crippen molar-refractivity contribution in [1.29, 1.82) is 0 Å². The number of thioether (sulfide) groups is 1. The summed E-state index contributed by atoms with van der Waals surface area (Å²) < 4.78 is 1.89. The summed E-state index contributed by atoms with van der Waals surface area (Å²) in [5.41, 5.74) is 2.83. The van der Waals surface area contributed by atoms with Crippen molar-refractivity contribution in [2.24, 2.45) is 0 Å². The van der Waals surface area contributed by atoms with E-state index in [0.717, 1.165) is 34.7 Å². The third kappa shape index (κ3) is 4.37. The SMILES string of the molecule is O=C(CSc1ncnc2c1cnn2CCc1ccccc1)Nc1ccccc1. The highest BCUT2D eigenvalue weighted by Gasteiger charge is 2.12. The zero-order valence-electron chi connectivity index (χ0n) is 15.2. The fourth-order valence-corrected chi connectivity index (χ4v) is 3.64. The Hall–Kier alpha value is -3.19. The minimum absolute atomic E-state index is 0.0700. The van der Waals surface area contributed by atoms with Gasteiger partial charge in [-0.3, -0.25) is 4.79 Å². The van der Waals surface area contributed by atoms with Crippen molar-refractivity contribution < 1.29 is 4.79 Å². The van der Waals surface area contributed by atoms with Gasteiger partial charge in [-0.2, -0.15) is 5.10 Å². The third-order valence-electron chi connectivity index (χ3n) is 4.25. The standard InChI is InChI=1S/C21H19N5OS/c27-19(25-17-9-5-2-6-10-17)14-28-21-18-13-24-26(20(18)22-15-23-21)12-11-16-7-3-1-4-8-16/h1-10,13,15H,11-12,14H2,(H,25,27). The van der Waals surface area contributed by atoms with Crippen molar-refractivity contribution in [3.63, 3.8) is 0 Å². The van der Waals surface area contributed by atoms with Gasteiger partial charge in [0.25, 0.3) is 0 Å².